The number of rotatable bonds is 4. The van der Waals surface area contributed by atoms with Crippen molar-refractivity contribution in [1.82, 2.24) is 0 Å². The third-order valence-electron chi connectivity index (χ3n) is 5.61. The molecule has 31 heavy (non-hydrogen) atoms. The average molecular weight is 399 g/mol. The predicted molar refractivity (Wildman–Crippen MR) is 130 cm³/mol. The van der Waals surface area contributed by atoms with Crippen molar-refractivity contribution in [3.05, 3.63) is 150 Å². The van der Waals surface area contributed by atoms with Crippen molar-refractivity contribution >= 4 is 21.9 Å². The van der Waals surface area contributed by atoms with E-state index in [1.807, 2.05) is 60.7 Å². The lowest BCUT2D eigenvalue weighted by Crippen LogP contribution is -1.98. The molecular formula is C30H22O. The number of hydrogen-bond acceptors (Lipinski definition) is 1. The SMILES string of the molecule is Oc1c(C(=C(c2ccccc2)c2ccccc2)c2ccccc2)ccc2ccccc12. The predicted octanol–water partition coefficient (Wildman–Crippen LogP) is 7.55. The van der Waals surface area contributed by atoms with Crippen molar-refractivity contribution in [2.45, 2.75) is 0 Å². The van der Waals surface area contributed by atoms with Crippen LogP contribution in [0.1, 0.15) is 22.3 Å². The van der Waals surface area contributed by atoms with E-state index in [4.69, 9.17) is 0 Å². The minimum Gasteiger partial charge on any atom is -0.507 e. The Kier molecular flexibility index (Phi) is 5.08. The van der Waals surface area contributed by atoms with Crippen LogP contribution < -0.4 is 0 Å². The standard InChI is InChI=1S/C30H22O/c31-30-26-19-11-10-12-22(26)20-21-27(30)29(25-17-8-3-9-18-25)28(23-13-4-1-5-14-23)24-15-6-2-7-16-24/h1-21,31H. The smallest absolute Gasteiger partial charge is 0.131 e. The number of fused-ring (bicyclic) bond motifs is 1. The highest BCUT2D eigenvalue weighted by Gasteiger charge is 2.19. The summed E-state index contributed by atoms with van der Waals surface area (Å²) in [6, 6.07) is 43.2. The van der Waals surface area contributed by atoms with Gasteiger partial charge in [0.1, 0.15) is 5.75 Å². The molecule has 0 radical (unpaired) electrons. The molecule has 1 nitrogen and oxygen atoms in total. The maximum absolute atomic E-state index is 11.4. The van der Waals surface area contributed by atoms with E-state index in [2.05, 4.69) is 66.7 Å². The molecule has 0 saturated carbocycles. The van der Waals surface area contributed by atoms with E-state index in [0.29, 0.717) is 5.75 Å². The molecule has 0 aromatic heterocycles. The first-order chi connectivity index (χ1) is 15.3. The minimum absolute atomic E-state index is 0.307. The van der Waals surface area contributed by atoms with Crippen molar-refractivity contribution in [1.29, 1.82) is 0 Å². The molecule has 0 unspecified atom stereocenters. The summed E-state index contributed by atoms with van der Waals surface area (Å²) in [4.78, 5) is 0. The Morgan fingerprint density at radius 1 is 0.419 bits per heavy atom. The zero-order valence-electron chi connectivity index (χ0n) is 17.1. The van der Waals surface area contributed by atoms with E-state index in [-0.39, 0.29) is 0 Å². The van der Waals surface area contributed by atoms with Crippen LogP contribution >= 0.6 is 0 Å². The molecule has 5 aromatic rings. The van der Waals surface area contributed by atoms with Crippen LogP contribution in [0.4, 0.5) is 0 Å². The van der Waals surface area contributed by atoms with Gasteiger partial charge in [-0.1, -0.05) is 121 Å². The fourth-order valence-electron chi connectivity index (χ4n) is 4.16. The molecule has 0 spiro atoms. The average Bonchev–Trinajstić information content (AvgIpc) is 2.85. The number of benzene rings is 5. The lowest BCUT2D eigenvalue weighted by molar-refractivity contribution is 0.480. The van der Waals surface area contributed by atoms with E-state index < -0.39 is 0 Å². The first-order valence-electron chi connectivity index (χ1n) is 10.4. The minimum atomic E-state index is 0.307. The lowest BCUT2D eigenvalue weighted by Gasteiger charge is -2.19. The maximum Gasteiger partial charge on any atom is 0.131 e. The van der Waals surface area contributed by atoms with Crippen molar-refractivity contribution in [2.75, 3.05) is 0 Å². The van der Waals surface area contributed by atoms with Crippen LogP contribution in [0.15, 0.2) is 127 Å². The molecule has 148 valence electrons. The third kappa shape index (κ3) is 3.62. The Hall–Kier alpha value is -4.10. The molecule has 5 aromatic carbocycles. The van der Waals surface area contributed by atoms with Gasteiger partial charge in [-0.2, -0.15) is 0 Å². The highest BCUT2D eigenvalue weighted by molar-refractivity contribution is 6.08. The summed E-state index contributed by atoms with van der Waals surface area (Å²) in [6.07, 6.45) is 0. The Morgan fingerprint density at radius 3 is 1.42 bits per heavy atom. The van der Waals surface area contributed by atoms with Gasteiger partial charge in [-0.05, 0) is 33.7 Å². The van der Waals surface area contributed by atoms with Gasteiger partial charge in [-0.15, -0.1) is 0 Å². The van der Waals surface area contributed by atoms with Crippen LogP contribution in [0.2, 0.25) is 0 Å². The number of phenolic OH excluding ortho intramolecular Hbond substituents is 1. The van der Waals surface area contributed by atoms with E-state index in [0.717, 1.165) is 44.2 Å². The fourth-order valence-corrected chi connectivity index (χ4v) is 4.16. The zero-order valence-corrected chi connectivity index (χ0v) is 17.1. The van der Waals surface area contributed by atoms with Gasteiger partial charge in [0.05, 0.1) is 0 Å². The van der Waals surface area contributed by atoms with E-state index >= 15 is 0 Å². The number of aromatic hydroxyl groups is 1. The van der Waals surface area contributed by atoms with Gasteiger partial charge >= 0.3 is 0 Å². The summed E-state index contributed by atoms with van der Waals surface area (Å²) in [7, 11) is 0. The normalized spacial score (nSPS) is 10.7. The van der Waals surface area contributed by atoms with Gasteiger partial charge in [0.15, 0.2) is 0 Å². The fraction of sp³-hybridized carbons (Fsp3) is 0. The topological polar surface area (TPSA) is 20.2 Å². The monoisotopic (exact) mass is 398 g/mol. The highest BCUT2D eigenvalue weighted by Crippen LogP contribution is 2.42. The Bertz CT molecular complexity index is 1310. The summed E-state index contributed by atoms with van der Waals surface area (Å²) < 4.78 is 0. The largest absolute Gasteiger partial charge is 0.507 e. The summed E-state index contributed by atoms with van der Waals surface area (Å²) >= 11 is 0. The van der Waals surface area contributed by atoms with Crippen LogP contribution in [0, 0.1) is 0 Å². The lowest BCUT2D eigenvalue weighted by atomic mass is 9.85. The summed E-state index contributed by atoms with van der Waals surface area (Å²) in [6.45, 7) is 0. The molecule has 0 bridgehead atoms. The van der Waals surface area contributed by atoms with Crippen LogP contribution in [0.3, 0.4) is 0 Å². The molecule has 0 atom stereocenters. The van der Waals surface area contributed by atoms with Gasteiger partial charge in [0, 0.05) is 16.5 Å². The van der Waals surface area contributed by atoms with Crippen molar-refractivity contribution in [3.63, 3.8) is 0 Å². The van der Waals surface area contributed by atoms with Crippen molar-refractivity contribution < 1.29 is 5.11 Å². The van der Waals surface area contributed by atoms with Crippen molar-refractivity contribution in [3.8, 4) is 5.75 Å². The van der Waals surface area contributed by atoms with Gasteiger partial charge in [0.2, 0.25) is 0 Å². The van der Waals surface area contributed by atoms with Gasteiger partial charge in [0.25, 0.3) is 0 Å². The summed E-state index contributed by atoms with van der Waals surface area (Å²) in [5, 5.41) is 13.3. The molecule has 0 aliphatic heterocycles. The number of phenols is 1. The summed E-state index contributed by atoms with van der Waals surface area (Å²) in [5.74, 6) is 0.307. The Labute approximate surface area is 182 Å². The molecule has 0 aliphatic carbocycles. The molecule has 0 amide bonds. The van der Waals surface area contributed by atoms with E-state index in [9.17, 15) is 5.11 Å². The molecule has 1 heteroatoms. The van der Waals surface area contributed by atoms with Crippen LogP contribution in [0.25, 0.3) is 21.9 Å². The maximum atomic E-state index is 11.4. The van der Waals surface area contributed by atoms with Crippen LogP contribution in [-0.2, 0) is 0 Å². The van der Waals surface area contributed by atoms with E-state index in [1.54, 1.807) is 0 Å². The molecule has 0 heterocycles. The van der Waals surface area contributed by atoms with Gasteiger partial charge < -0.3 is 5.11 Å². The molecule has 0 fully saturated rings. The second kappa shape index (κ2) is 8.33. The summed E-state index contributed by atoms with van der Waals surface area (Å²) in [5.41, 5.74) is 6.22. The second-order valence-electron chi connectivity index (χ2n) is 7.53. The Morgan fingerprint density at radius 2 is 0.871 bits per heavy atom. The first kappa shape index (κ1) is 18.9. The van der Waals surface area contributed by atoms with Crippen LogP contribution in [0.5, 0.6) is 5.75 Å². The van der Waals surface area contributed by atoms with Gasteiger partial charge in [-0.25, -0.2) is 0 Å². The molecule has 0 aliphatic rings. The molecular weight excluding hydrogens is 376 g/mol. The highest BCUT2D eigenvalue weighted by atomic mass is 16.3. The Balaban J connectivity index is 1.92. The quantitative estimate of drug-likeness (QED) is 0.310. The van der Waals surface area contributed by atoms with Crippen LogP contribution in [-0.4, -0.2) is 5.11 Å². The van der Waals surface area contributed by atoms with Gasteiger partial charge in [-0.3, -0.25) is 0 Å². The van der Waals surface area contributed by atoms with E-state index in [1.165, 1.54) is 0 Å². The zero-order chi connectivity index (χ0) is 21.0. The molecule has 0 saturated heterocycles. The molecule has 5 rings (SSSR count). The van der Waals surface area contributed by atoms with Crippen molar-refractivity contribution in [2.24, 2.45) is 0 Å². The first-order valence-corrected chi connectivity index (χ1v) is 10.4. The third-order valence-corrected chi connectivity index (χ3v) is 5.61. The second-order valence-corrected chi connectivity index (χ2v) is 7.53. The number of hydrogen-bond donors (Lipinski definition) is 1. The molecule has 1 N–H and O–H groups in total.